The summed E-state index contributed by atoms with van der Waals surface area (Å²) in [6, 6.07) is 9.31. The van der Waals surface area contributed by atoms with Crippen molar-refractivity contribution in [1.82, 2.24) is 0 Å². The van der Waals surface area contributed by atoms with Crippen molar-refractivity contribution in [3.05, 3.63) is 30.3 Å². The van der Waals surface area contributed by atoms with Gasteiger partial charge < -0.3 is 11.5 Å². The minimum Gasteiger partial charge on any atom is -0.398 e. The topological polar surface area (TPSA) is 52.0 Å². The van der Waals surface area contributed by atoms with Crippen molar-refractivity contribution in [1.29, 1.82) is 0 Å². The first-order valence-corrected chi connectivity index (χ1v) is 6.23. The third-order valence-corrected chi connectivity index (χ3v) is 3.65. The van der Waals surface area contributed by atoms with Crippen molar-refractivity contribution in [3.8, 4) is 11.1 Å². The molecule has 0 heterocycles. The van der Waals surface area contributed by atoms with Crippen LogP contribution in [0.25, 0.3) is 11.1 Å². The van der Waals surface area contributed by atoms with Crippen LogP contribution in [0.1, 0.15) is 0 Å². The molecule has 0 saturated heterocycles. The van der Waals surface area contributed by atoms with Crippen LogP contribution in [0.3, 0.4) is 0 Å². The molecule has 0 radical (unpaired) electrons. The van der Waals surface area contributed by atoms with Gasteiger partial charge in [-0.25, -0.2) is 0 Å². The fraction of sp³-hybridized carbons (Fsp3) is 0. The summed E-state index contributed by atoms with van der Waals surface area (Å²) in [5.41, 5.74) is 14.8. The molecule has 2 aromatic carbocycles. The smallest absolute Gasteiger partial charge is 0.0456 e. The van der Waals surface area contributed by atoms with Crippen LogP contribution in [0.5, 0.6) is 0 Å². The second-order valence-electron chi connectivity index (χ2n) is 3.70. The third kappa shape index (κ3) is 2.51. The highest BCUT2D eigenvalue weighted by Gasteiger charge is 2.07. The van der Waals surface area contributed by atoms with Crippen LogP contribution in [0, 0.1) is 0 Å². The lowest BCUT2D eigenvalue weighted by atomic mass is 10.0. The molecule has 0 aliphatic heterocycles. The first-order valence-electron chi connectivity index (χ1n) is 4.89. The van der Waals surface area contributed by atoms with Crippen molar-refractivity contribution in [2.24, 2.45) is 0 Å². The van der Waals surface area contributed by atoms with Crippen LogP contribution in [-0.2, 0) is 0 Å². The molecule has 2 rings (SSSR count). The van der Waals surface area contributed by atoms with Crippen LogP contribution < -0.4 is 11.5 Å². The zero-order chi connectivity index (χ0) is 12.6. The van der Waals surface area contributed by atoms with Crippen LogP contribution in [-0.4, -0.2) is 0 Å². The summed E-state index contributed by atoms with van der Waals surface area (Å²) >= 11 is 12.9. The maximum absolute atomic E-state index is 5.84. The monoisotopic (exact) mass is 280 g/mol. The molecule has 0 unspecified atom stereocenters. The molecule has 0 bridgehead atoms. The fourth-order valence-corrected chi connectivity index (χ4v) is 2.30. The Labute approximate surface area is 117 Å². The number of hydrogen-bond donors (Lipinski definition) is 5. The van der Waals surface area contributed by atoms with Gasteiger partial charge in [0.15, 0.2) is 0 Å². The molecule has 0 aliphatic rings. The van der Waals surface area contributed by atoms with E-state index in [1.165, 1.54) is 0 Å². The second kappa shape index (κ2) is 4.76. The van der Waals surface area contributed by atoms with E-state index in [9.17, 15) is 0 Å². The van der Waals surface area contributed by atoms with Crippen LogP contribution in [0.2, 0.25) is 0 Å². The zero-order valence-electron chi connectivity index (χ0n) is 8.88. The molecule has 5 heteroatoms. The van der Waals surface area contributed by atoms with Gasteiger partial charge in [-0.15, -0.1) is 37.9 Å². The number of hydrogen-bond acceptors (Lipinski definition) is 5. The van der Waals surface area contributed by atoms with Crippen molar-refractivity contribution in [2.75, 3.05) is 11.5 Å². The predicted molar refractivity (Wildman–Crippen MR) is 82.5 cm³/mol. The largest absolute Gasteiger partial charge is 0.398 e. The molecule has 0 spiro atoms. The number of nitrogens with two attached hydrogens (primary N) is 2. The third-order valence-electron chi connectivity index (χ3n) is 2.48. The first-order chi connectivity index (χ1) is 7.99. The van der Waals surface area contributed by atoms with Gasteiger partial charge in [0.05, 0.1) is 0 Å². The van der Waals surface area contributed by atoms with E-state index in [4.69, 9.17) is 11.5 Å². The first kappa shape index (κ1) is 12.5. The van der Waals surface area contributed by atoms with Gasteiger partial charge in [-0.1, -0.05) is 6.07 Å². The molecule has 0 aromatic heterocycles. The molecular formula is C12H12N2S3. The summed E-state index contributed by atoms with van der Waals surface area (Å²) < 4.78 is 0. The molecule has 2 aromatic rings. The Morgan fingerprint density at radius 3 is 2.00 bits per heavy atom. The minimum atomic E-state index is 0.620. The fourth-order valence-electron chi connectivity index (χ4n) is 1.55. The number of anilines is 2. The molecule has 0 atom stereocenters. The maximum Gasteiger partial charge on any atom is 0.0456 e. The van der Waals surface area contributed by atoms with Crippen molar-refractivity contribution >= 4 is 49.3 Å². The maximum atomic E-state index is 5.84. The summed E-state index contributed by atoms with van der Waals surface area (Å²) in [5.74, 6) is 0. The normalized spacial score (nSPS) is 10.5. The Kier molecular flexibility index (Phi) is 3.51. The molecule has 0 saturated carbocycles. The second-order valence-corrected chi connectivity index (χ2v) is 5.15. The van der Waals surface area contributed by atoms with Gasteiger partial charge in [-0.3, -0.25) is 0 Å². The Morgan fingerprint density at radius 2 is 1.35 bits per heavy atom. The molecule has 0 amide bonds. The lowest BCUT2D eigenvalue weighted by Gasteiger charge is -2.10. The van der Waals surface area contributed by atoms with Crippen LogP contribution in [0.4, 0.5) is 11.4 Å². The highest BCUT2D eigenvalue weighted by molar-refractivity contribution is 7.81. The number of nitrogen functional groups attached to an aromatic ring is 2. The van der Waals surface area contributed by atoms with Gasteiger partial charge in [-0.2, -0.15) is 0 Å². The van der Waals surface area contributed by atoms with E-state index >= 15 is 0 Å². The van der Waals surface area contributed by atoms with Gasteiger partial charge in [-0.05, 0) is 35.4 Å². The summed E-state index contributed by atoms with van der Waals surface area (Å²) in [6.07, 6.45) is 0. The quantitative estimate of drug-likeness (QED) is 0.411. The Balaban J connectivity index is 2.60. The van der Waals surface area contributed by atoms with Gasteiger partial charge >= 0.3 is 0 Å². The van der Waals surface area contributed by atoms with Gasteiger partial charge in [0, 0.05) is 26.1 Å². The van der Waals surface area contributed by atoms with E-state index in [0.29, 0.717) is 11.4 Å². The Morgan fingerprint density at radius 1 is 0.706 bits per heavy atom. The summed E-state index contributed by atoms with van der Waals surface area (Å²) in [4.78, 5) is 2.29. The van der Waals surface area contributed by atoms with Crippen LogP contribution in [0.15, 0.2) is 45.0 Å². The zero-order valence-corrected chi connectivity index (χ0v) is 11.6. The number of thiol groups is 3. The van der Waals surface area contributed by atoms with Gasteiger partial charge in [0.25, 0.3) is 0 Å². The van der Waals surface area contributed by atoms with E-state index in [-0.39, 0.29) is 0 Å². The highest BCUT2D eigenvalue weighted by Crippen LogP contribution is 2.34. The Bertz CT molecular complexity index is 582. The van der Waals surface area contributed by atoms with Crippen molar-refractivity contribution in [3.63, 3.8) is 0 Å². The van der Waals surface area contributed by atoms with E-state index < -0.39 is 0 Å². The number of benzene rings is 2. The Hall–Kier alpha value is -0.910. The standard InChI is InChI=1S/C12H12N2S3/c13-8-3-6(1-2-10(8)15)7-4-9(14)12(17)5-11(7)16/h1-5,15-17H,13-14H2. The summed E-state index contributed by atoms with van der Waals surface area (Å²) in [5, 5.41) is 0. The highest BCUT2D eigenvalue weighted by atomic mass is 32.1. The summed E-state index contributed by atoms with van der Waals surface area (Å²) in [7, 11) is 0. The molecule has 4 N–H and O–H groups in total. The molecule has 0 fully saturated rings. The molecule has 2 nitrogen and oxygen atoms in total. The lowest BCUT2D eigenvalue weighted by Crippen LogP contribution is -1.92. The average molecular weight is 280 g/mol. The minimum absolute atomic E-state index is 0.620. The summed E-state index contributed by atoms with van der Waals surface area (Å²) in [6.45, 7) is 0. The van der Waals surface area contributed by atoms with Gasteiger partial charge in [0.1, 0.15) is 0 Å². The van der Waals surface area contributed by atoms with E-state index in [1.54, 1.807) is 0 Å². The SMILES string of the molecule is Nc1cc(-c2cc(N)c(S)cc2S)ccc1S. The molecule has 17 heavy (non-hydrogen) atoms. The predicted octanol–water partition coefficient (Wildman–Crippen LogP) is 3.38. The van der Waals surface area contributed by atoms with Crippen LogP contribution >= 0.6 is 37.9 Å². The molecular weight excluding hydrogens is 268 g/mol. The molecule has 88 valence electrons. The van der Waals surface area contributed by atoms with E-state index in [1.807, 2.05) is 30.3 Å². The van der Waals surface area contributed by atoms with E-state index in [2.05, 4.69) is 37.9 Å². The van der Waals surface area contributed by atoms with Gasteiger partial charge in [0.2, 0.25) is 0 Å². The van der Waals surface area contributed by atoms with Crippen molar-refractivity contribution < 1.29 is 0 Å². The number of rotatable bonds is 1. The van der Waals surface area contributed by atoms with Crippen molar-refractivity contribution in [2.45, 2.75) is 14.7 Å². The van der Waals surface area contributed by atoms with E-state index in [0.717, 1.165) is 25.8 Å². The average Bonchev–Trinajstić information content (AvgIpc) is 2.27. The lowest BCUT2D eigenvalue weighted by molar-refractivity contribution is 1.34. The molecule has 0 aliphatic carbocycles.